The number of carbonyl (C=O) groups is 1. The molecule has 0 radical (unpaired) electrons. The quantitative estimate of drug-likeness (QED) is 0.188. The first-order valence-electron chi connectivity index (χ1n) is 16.0. The van der Waals surface area contributed by atoms with Crippen molar-refractivity contribution >= 4 is 33.6 Å². The number of pyridine rings is 1. The number of rotatable bonds is 7. The highest BCUT2D eigenvalue weighted by Gasteiger charge is 2.77. The molecule has 0 bridgehead atoms. The molecule has 4 aromatic rings. The van der Waals surface area contributed by atoms with Crippen molar-refractivity contribution in [1.29, 1.82) is 0 Å². The van der Waals surface area contributed by atoms with Crippen LogP contribution in [0, 0.1) is 29.4 Å². The highest BCUT2D eigenvalue weighted by Crippen LogP contribution is 2.69. The molecule has 4 atom stereocenters. The van der Waals surface area contributed by atoms with Crippen LogP contribution in [-0.4, -0.2) is 83.4 Å². The van der Waals surface area contributed by atoms with Gasteiger partial charge in [-0.2, -0.15) is 9.97 Å². The molecule has 8 rings (SSSR count). The lowest BCUT2D eigenvalue weighted by molar-refractivity contribution is 0.0647. The predicted molar refractivity (Wildman–Crippen MR) is 171 cm³/mol. The number of hydrogen-bond donors (Lipinski definition) is 1. The van der Waals surface area contributed by atoms with E-state index in [1.54, 1.807) is 11.9 Å². The van der Waals surface area contributed by atoms with Crippen molar-refractivity contribution in [2.75, 3.05) is 38.7 Å². The van der Waals surface area contributed by atoms with E-state index in [1.165, 1.54) is 31.4 Å². The van der Waals surface area contributed by atoms with Crippen molar-refractivity contribution in [2.24, 2.45) is 5.41 Å². The highest BCUT2D eigenvalue weighted by atomic mass is 19.3. The van der Waals surface area contributed by atoms with Gasteiger partial charge in [-0.05, 0) is 49.4 Å². The number of fused-ring (bicyclic) bond motifs is 3. The minimum absolute atomic E-state index is 0.0164. The highest BCUT2D eigenvalue weighted by molar-refractivity contribution is 6.03. The van der Waals surface area contributed by atoms with Gasteiger partial charge >= 0.3 is 12.1 Å². The molecule has 2 aliphatic heterocycles. The minimum atomic E-state index is -2.71. The number of aromatic nitrogens is 3. The van der Waals surface area contributed by atoms with E-state index in [9.17, 15) is 22.4 Å². The third kappa shape index (κ3) is 4.92. The van der Waals surface area contributed by atoms with Gasteiger partial charge in [-0.25, -0.2) is 26.7 Å². The minimum Gasteiger partial charge on any atom is -0.461 e. The average Bonchev–Trinajstić information content (AvgIpc) is 3.80. The standard InChI is InChI=1S/C35H31F5N6O3/c1-4-20-23(36)7-6-18-10-19(49-32(47)41-2)11-21(26(18)20)28-27(38)29-22(13-42-28)30(45(3)25-12-24(25)37)44-31(43-29)48-17-34-8-5-9-46(34)16-33(14-34)15-35(33,39)40/h1,6-7,10-11,13,24-25H,5,8-9,12,14-17H2,2-3H3,(H,41,47)/t24-,25-,33+,34+/m1/s1. The Morgan fingerprint density at radius 3 is 2.69 bits per heavy atom. The van der Waals surface area contributed by atoms with E-state index in [2.05, 4.69) is 31.1 Å². The summed E-state index contributed by atoms with van der Waals surface area (Å²) < 4.78 is 86.5. The summed E-state index contributed by atoms with van der Waals surface area (Å²) in [5.41, 5.74) is -2.29. The number of benzene rings is 2. The Kier molecular flexibility index (Phi) is 6.98. The Hall–Kier alpha value is -4.77. The zero-order valence-electron chi connectivity index (χ0n) is 26.6. The van der Waals surface area contributed by atoms with Gasteiger partial charge in [0.2, 0.25) is 0 Å². The molecule has 2 aliphatic carbocycles. The van der Waals surface area contributed by atoms with E-state index in [0.29, 0.717) is 18.4 Å². The van der Waals surface area contributed by atoms with E-state index in [0.717, 1.165) is 12.5 Å². The van der Waals surface area contributed by atoms with E-state index < -0.39 is 46.8 Å². The molecule has 1 amide bonds. The maximum absolute atomic E-state index is 16.9. The third-order valence-electron chi connectivity index (χ3n) is 10.6. The number of nitrogens with one attached hydrogen (secondary N) is 1. The van der Waals surface area contributed by atoms with Gasteiger partial charge in [0.15, 0.2) is 5.82 Å². The van der Waals surface area contributed by atoms with Crippen molar-refractivity contribution in [3.63, 3.8) is 0 Å². The number of hydrogen-bond acceptors (Lipinski definition) is 8. The molecule has 1 N–H and O–H groups in total. The summed E-state index contributed by atoms with van der Waals surface area (Å²) >= 11 is 0. The molecule has 0 unspecified atom stereocenters. The second kappa shape index (κ2) is 10.9. The molecular formula is C35H31F5N6O3. The van der Waals surface area contributed by atoms with Crippen LogP contribution in [0.2, 0.25) is 0 Å². The monoisotopic (exact) mass is 678 g/mol. The molecule has 9 nitrogen and oxygen atoms in total. The predicted octanol–water partition coefficient (Wildman–Crippen LogP) is 6.01. The van der Waals surface area contributed by atoms with Gasteiger partial charge in [-0.15, -0.1) is 6.42 Å². The fraction of sp³-hybridized carbons (Fsp3) is 0.429. The summed E-state index contributed by atoms with van der Waals surface area (Å²) in [4.78, 5) is 29.1. The lowest BCUT2D eigenvalue weighted by Gasteiger charge is -2.31. The fourth-order valence-corrected chi connectivity index (χ4v) is 7.86. The Balaban J connectivity index is 1.25. The molecule has 4 aliphatic rings. The van der Waals surface area contributed by atoms with Crippen molar-refractivity contribution in [1.82, 2.24) is 25.2 Å². The van der Waals surface area contributed by atoms with Crippen LogP contribution in [0.5, 0.6) is 11.8 Å². The zero-order valence-corrected chi connectivity index (χ0v) is 26.6. The number of ether oxygens (including phenoxy) is 2. The summed E-state index contributed by atoms with van der Waals surface area (Å²) in [6.45, 7) is 0.979. The smallest absolute Gasteiger partial charge is 0.412 e. The molecule has 1 spiro atoms. The van der Waals surface area contributed by atoms with Crippen LogP contribution in [0.4, 0.5) is 32.6 Å². The topological polar surface area (TPSA) is 92.7 Å². The van der Waals surface area contributed by atoms with Gasteiger partial charge in [0.25, 0.3) is 5.92 Å². The van der Waals surface area contributed by atoms with E-state index in [4.69, 9.17) is 15.9 Å². The number of halogens is 5. The van der Waals surface area contributed by atoms with Gasteiger partial charge in [-0.1, -0.05) is 12.0 Å². The van der Waals surface area contributed by atoms with Gasteiger partial charge < -0.3 is 19.7 Å². The number of carbonyl (C=O) groups excluding carboxylic acids is 1. The van der Waals surface area contributed by atoms with Gasteiger partial charge in [-0.3, -0.25) is 9.88 Å². The molecular weight excluding hydrogens is 647 g/mol. The van der Waals surface area contributed by atoms with Crippen molar-refractivity contribution < 1.29 is 36.2 Å². The van der Waals surface area contributed by atoms with Gasteiger partial charge in [0.1, 0.15) is 41.4 Å². The van der Waals surface area contributed by atoms with Crippen LogP contribution in [0.1, 0.15) is 37.7 Å². The first-order chi connectivity index (χ1) is 23.4. The average molecular weight is 679 g/mol. The number of terminal acetylenes is 1. The number of amides is 1. The molecule has 2 aromatic carbocycles. The maximum atomic E-state index is 16.9. The van der Waals surface area contributed by atoms with Crippen LogP contribution in [0.3, 0.4) is 0 Å². The zero-order chi connectivity index (χ0) is 34.5. The molecule has 254 valence electrons. The summed E-state index contributed by atoms with van der Waals surface area (Å²) in [5, 5.41) is 3.02. The lowest BCUT2D eigenvalue weighted by atomic mass is 9.89. The Morgan fingerprint density at radius 2 is 2.00 bits per heavy atom. The van der Waals surface area contributed by atoms with Crippen LogP contribution < -0.4 is 19.7 Å². The van der Waals surface area contributed by atoms with E-state index in [1.807, 2.05) is 0 Å². The fourth-order valence-electron chi connectivity index (χ4n) is 7.86. The van der Waals surface area contributed by atoms with Gasteiger partial charge in [0.05, 0.1) is 27.9 Å². The first kappa shape index (κ1) is 31.5. The number of alkyl halides is 3. The largest absolute Gasteiger partial charge is 0.461 e. The van der Waals surface area contributed by atoms with Crippen LogP contribution >= 0.6 is 0 Å². The first-order valence-corrected chi connectivity index (χ1v) is 16.0. The summed E-state index contributed by atoms with van der Waals surface area (Å²) in [6, 6.07) is 4.66. The Bertz CT molecular complexity index is 2110. The Morgan fingerprint density at radius 1 is 1.22 bits per heavy atom. The van der Waals surface area contributed by atoms with Crippen molar-refractivity contribution in [3.05, 3.63) is 47.7 Å². The molecule has 49 heavy (non-hydrogen) atoms. The molecule has 2 saturated heterocycles. The van der Waals surface area contributed by atoms with Crippen molar-refractivity contribution in [3.8, 4) is 35.4 Å². The Labute approximate surface area is 277 Å². The maximum Gasteiger partial charge on any atom is 0.412 e. The summed E-state index contributed by atoms with van der Waals surface area (Å²) in [7, 11) is 3.00. The van der Waals surface area contributed by atoms with E-state index in [-0.39, 0.29) is 83.1 Å². The molecule has 2 aromatic heterocycles. The molecule has 14 heteroatoms. The third-order valence-corrected chi connectivity index (χ3v) is 10.6. The van der Waals surface area contributed by atoms with Crippen LogP contribution in [-0.2, 0) is 0 Å². The van der Waals surface area contributed by atoms with E-state index >= 15 is 4.39 Å². The molecule has 4 heterocycles. The molecule has 2 saturated carbocycles. The SMILES string of the molecule is C#Cc1c(F)ccc2cc(OC(=O)NC)cc(-c3ncc4c(N(C)[C@@H]5C[C@H]5F)nc(OC[C@@]56CCCN5C[C@@]5(CC5(F)F)C6)nc4c3F)c12. The second-order valence-corrected chi connectivity index (χ2v) is 13.6. The van der Waals surface area contributed by atoms with Crippen molar-refractivity contribution in [2.45, 2.75) is 55.8 Å². The summed E-state index contributed by atoms with van der Waals surface area (Å²) in [6.07, 6.45) is 7.00. The summed E-state index contributed by atoms with van der Waals surface area (Å²) in [5.74, 6) is -1.85. The van der Waals surface area contributed by atoms with Gasteiger partial charge in [0, 0.05) is 50.6 Å². The number of anilines is 1. The lowest BCUT2D eigenvalue weighted by Crippen LogP contribution is -2.43. The molecule has 4 fully saturated rings. The van der Waals surface area contributed by atoms with Crippen LogP contribution in [0.15, 0.2) is 30.5 Å². The second-order valence-electron chi connectivity index (χ2n) is 13.6. The van der Waals surface area contributed by atoms with Crippen LogP contribution in [0.25, 0.3) is 32.9 Å². The number of nitrogens with zero attached hydrogens (tertiary/aromatic N) is 5. The normalized spacial score (nSPS) is 26.5.